The Hall–Kier alpha value is -0.0800. The largest absolute Gasteiger partial charge is 0.390 e. The van der Waals surface area contributed by atoms with Gasteiger partial charge in [0, 0.05) is 6.61 Å². The molecule has 2 unspecified atom stereocenters. The molecule has 0 radical (unpaired) electrons. The molecule has 0 bridgehead atoms. The first-order valence-electron chi connectivity index (χ1n) is 6.07. The number of aliphatic hydroxyl groups is 1. The number of ether oxygens (including phenoxy) is 1. The maximum absolute atomic E-state index is 9.92. The van der Waals surface area contributed by atoms with Gasteiger partial charge in [0.25, 0.3) is 0 Å². The predicted octanol–water partition coefficient (Wildman–Crippen LogP) is 2.74. The van der Waals surface area contributed by atoms with Gasteiger partial charge in [-0.2, -0.15) is 0 Å². The minimum atomic E-state index is -0.240. The third kappa shape index (κ3) is 4.43. The van der Waals surface area contributed by atoms with Crippen molar-refractivity contribution in [1.82, 2.24) is 0 Å². The summed E-state index contributed by atoms with van der Waals surface area (Å²) in [6.45, 7) is 4.85. The highest BCUT2D eigenvalue weighted by molar-refractivity contribution is 4.77. The van der Waals surface area contributed by atoms with Gasteiger partial charge in [-0.15, -0.1) is 0 Å². The minimum Gasteiger partial charge on any atom is -0.390 e. The lowest BCUT2D eigenvalue weighted by Gasteiger charge is -2.22. The summed E-state index contributed by atoms with van der Waals surface area (Å²) in [6.07, 6.45) is 6.77. The molecule has 0 heterocycles. The smallest absolute Gasteiger partial charge is 0.0833 e. The molecule has 1 aliphatic rings. The van der Waals surface area contributed by atoms with Crippen LogP contribution < -0.4 is 0 Å². The van der Waals surface area contributed by atoms with E-state index in [1.165, 1.54) is 19.3 Å². The highest BCUT2D eigenvalue weighted by Crippen LogP contribution is 2.34. The Labute approximate surface area is 87.7 Å². The van der Waals surface area contributed by atoms with Crippen molar-refractivity contribution in [2.75, 3.05) is 6.61 Å². The second-order valence-corrected chi connectivity index (χ2v) is 4.37. The molecule has 14 heavy (non-hydrogen) atoms. The molecule has 0 spiro atoms. The van der Waals surface area contributed by atoms with Crippen molar-refractivity contribution in [1.29, 1.82) is 0 Å². The van der Waals surface area contributed by atoms with Gasteiger partial charge < -0.3 is 9.84 Å². The van der Waals surface area contributed by atoms with Gasteiger partial charge in [0.15, 0.2) is 0 Å². The second kappa shape index (κ2) is 6.41. The number of aliphatic hydroxyl groups excluding tert-OH is 1. The molecule has 2 atom stereocenters. The van der Waals surface area contributed by atoms with Crippen LogP contribution in [-0.4, -0.2) is 23.9 Å². The Morgan fingerprint density at radius 3 is 2.50 bits per heavy atom. The summed E-state index contributed by atoms with van der Waals surface area (Å²) in [5.41, 5.74) is 0. The Morgan fingerprint density at radius 2 is 2.00 bits per heavy atom. The van der Waals surface area contributed by atoms with Crippen LogP contribution in [0.15, 0.2) is 0 Å². The molecule has 0 saturated heterocycles. The molecule has 84 valence electrons. The fourth-order valence-corrected chi connectivity index (χ4v) is 1.88. The van der Waals surface area contributed by atoms with Gasteiger partial charge in [0.05, 0.1) is 12.2 Å². The average Bonchev–Trinajstić information content (AvgIpc) is 2.97. The van der Waals surface area contributed by atoms with Crippen molar-refractivity contribution < 1.29 is 9.84 Å². The zero-order valence-electron chi connectivity index (χ0n) is 9.54. The summed E-state index contributed by atoms with van der Waals surface area (Å²) < 4.78 is 5.55. The molecule has 0 amide bonds. The first-order valence-corrected chi connectivity index (χ1v) is 6.07. The SMILES string of the molecule is CCCC(OCC)C(O)CCC1CC1. The Bertz CT molecular complexity index is 137. The van der Waals surface area contributed by atoms with Crippen molar-refractivity contribution in [3.05, 3.63) is 0 Å². The Kier molecular flexibility index (Phi) is 5.49. The van der Waals surface area contributed by atoms with E-state index in [4.69, 9.17) is 4.74 Å². The average molecular weight is 200 g/mol. The summed E-state index contributed by atoms with van der Waals surface area (Å²) in [5.74, 6) is 0.911. The zero-order valence-corrected chi connectivity index (χ0v) is 9.54. The van der Waals surface area contributed by atoms with Crippen molar-refractivity contribution in [2.45, 2.75) is 64.6 Å². The highest BCUT2D eigenvalue weighted by Gasteiger charge is 2.25. The fraction of sp³-hybridized carbons (Fsp3) is 1.00. The third-order valence-corrected chi connectivity index (χ3v) is 2.95. The molecular formula is C12H24O2. The zero-order chi connectivity index (χ0) is 10.4. The molecule has 1 rings (SSSR count). The van der Waals surface area contributed by atoms with Gasteiger partial charge in [-0.05, 0) is 32.1 Å². The maximum atomic E-state index is 9.92. The molecule has 0 aromatic heterocycles. The van der Waals surface area contributed by atoms with Crippen molar-refractivity contribution in [3.8, 4) is 0 Å². The molecular weight excluding hydrogens is 176 g/mol. The third-order valence-electron chi connectivity index (χ3n) is 2.95. The van der Waals surface area contributed by atoms with Gasteiger partial charge >= 0.3 is 0 Å². The molecule has 2 nitrogen and oxygen atoms in total. The Balaban J connectivity index is 2.16. The molecule has 0 aromatic rings. The van der Waals surface area contributed by atoms with Crippen molar-refractivity contribution in [3.63, 3.8) is 0 Å². The van der Waals surface area contributed by atoms with E-state index in [1.54, 1.807) is 0 Å². The van der Waals surface area contributed by atoms with E-state index in [1.807, 2.05) is 6.92 Å². The lowest BCUT2D eigenvalue weighted by atomic mass is 10.0. The van der Waals surface area contributed by atoms with Crippen LogP contribution in [-0.2, 0) is 4.74 Å². The maximum Gasteiger partial charge on any atom is 0.0833 e. The number of rotatable bonds is 8. The molecule has 1 fully saturated rings. The summed E-state index contributed by atoms with van der Waals surface area (Å²) in [7, 11) is 0. The monoisotopic (exact) mass is 200 g/mol. The molecule has 2 heteroatoms. The number of hydrogen-bond acceptors (Lipinski definition) is 2. The minimum absolute atomic E-state index is 0.0729. The standard InChI is InChI=1S/C12H24O2/c1-3-5-12(14-4-2)11(13)9-8-10-6-7-10/h10-13H,3-9H2,1-2H3. The number of hydrogen-bond donors (Lipinski definition) is 1. The van der Waals surface area contributed by atoms with Gasteiger partial charge in [-0.25, -0.2) is 0 Å². The van der Waals surface area contributed by atoms with Crippen LogP contribution in [0.2, 0.25) is 0 Å². The first kappa shape index (κ1) is 12.0. The van der Waals surface area contributed by atoms with E-state index in [2.05, 4.69) is 6.92 Å². The molecule has 1 saturated carbocycles. The van der Waals surface area contributed by atoms with Crippen LogP contribution in [0.5, 0.6) is 0 Å². The normalized spacial score (nSPS) is 20.8. The quantitative estimate of drug-likeness (QED) is 0.653. The highest BCUT2D eigenvalue weighted by atomic mass is 16.5. The van der Waals surface area contributed by atoms with E-state index in [0.29, 0.717) is 6.61 Å². The molecule has 0 aliphatic heterocycles. The van der Waals surface area contributed by atoms with Gasteiger partial charge in [0.2, 0.25) is 0 Å². The summed E-state index contributed by atoms with van der Waals surface area (Å²) in [6, 6.07) is 0. The van der Waals surface area contributed by atoms with Crippen LogP contribution in [0.1, 0.15) is 52.4 Å². The lowest BCUT2D eigenvalue weighted by Crippen LogP contribution is -2.29. The van der Waals surface area contributed by atoms with Gasteiger partial charge in [0.1, 0.15) is 0 Å². The molecule has 1 aliphatic carbocycles. The Morgan fingerprint density at radius 1 is 1.29 bits per heavy atom. The summed E-state index contributed by atoms with van der Waals surface area (Å²) in [4.78, 5) is 0. The van der Waals surface area contributed by atoms with E-state index in [0.717, 1.165) is 25.2 Å². The van der Waals surface area contributed by atoms with Gasteiger partial charge in [-0.1, -0.05) is 26.2 Å². The van der Waals surface area contributed by atoms with E-state index in [-0.39, 0.29) is 12.2 Å². The summed E-state index contributed by atoms with van der Waals surface area (Å²) >= 11 is 0. The fourth-order valence-electron chi connectivity index (χ4n) is 1.88. The van der Waals surface area contributed by atoms with E-state index < -0.39 is 0 Å². The molecule has 0 aromatic carbocycles. The summed E-state index contributed by atoms with van der Waals surface area (Å²) in [5, 5.41) is 9.92. The van der Waals surface area contributed by atoms with Gasteiger partial charge in [-0.3, -0.25) is 0 Å². The first-order chi connectivity index (χ1) is 6.77. The van der Waals surface area contributed by atoms with Crippen LogP contribution in [0.25, 0.3) is 0 Å². The topological polar surface area (TPSA) is 29.5 Å². The van der Waals surface area contributed by atoms with Crippen LogP contribution in [0.4, 0.5) is 0 Å². The van der Waals surface area contributed by atoms with Crippen molar-refractivity contribution in [2.24, 2.45) is 5.92 Å². The van der Waals surface area contributed by atoms with Crippen LogP contribution in [0.3, 0.4) is 0 Å². The van der Waals surface area contributed by atoms with Crippen LogP contribution >= 0.6 is 0 Å². The lowest BCUT2D eigenvalue weighted by molar-refractivity contribution is -0.0411. The molecule has 1 N–H and O–H groups in total. The predicted molar refractivity (Wildman–Crippen MR) is 58.3 cm³/mol. The van der Waals surface area contributed by atoms with Crippen LogP contribution in [0, 0.1) is 5.92 Å². The van der Waals surface area contributed by atoms with Crippen molar-refractivity contribution >= 4 is 0 Å². The van der Waals surface area contributed by atoms with E-state index in [9.17, 15) is 5.11 Å². The van der Waals surface area contributed by atoms with E-state index >= 15 is 0 Å². The second-order valence-electron chi connectivity index (χ2n) is 4.37.